The maximum atomic E-state index is 12.6. The average molecular weight is 512 g/mol. The number of fused-ring (bicyclic) bond motifs is 1. The topological polar surface area (TPSA) is 105 Å². The highest BCUT2D eigenvalue weighted by molar-refractivity contribution is 5.99. The molecule has 2 aromatic carbocycles. The van der Waals surface area contributed by atoms with Crippen LogP contribution in [0.5, 0.6) is 5.75 Å². The Balaban J connectivity index is 1.48. The minimum Gasteiger partial charge on any atom is -0.494 e. The average Bonchev–Trinajstić information content (AvgIpc) is 2.94. The number of piperazine rings is 1. The zero-order chi connectivity index (χ0) is 26.6. The summed E-state index contributed by atoms with van der Waals surface area (Å²) in [5.41, 5.74) is 3.36. The largest absolute Gasteiger partial charge is 0.494 e. The summed E-state index contributed by atoms with van der Waals surface area (Å²) >= 11 is 0. The van der Waals surface area contributed by atoms with Crippen LogP contribution in [0.2, 0.25) is 0 Å². The SMILES string of the molecule is C=CC(=O)Nc1cccc(-n2ccc(=O)c3cnc(Nc4ccc(N5CCN(C)CC5)cc4OC)nc32)c1. The number of ether oxygens (including phenoxy) is 1. The van der Waals surface area contributed by atoms with E-state index in [0.29, 0.717) is 34.1 Å². The summed E-state index contributed by atoms with van der Waals surface area (Å²) in [6.07, 6.45) is 4.37. The number of carbonyl (C=O) groups excluding carboxylic acids is 1. The summed E-state index contributed by atoms with van der Waals surface area (Å²) in [5, 5.41) is 6.36. The first-order valence-electron chi connectivity index (χ1n) is 12.3. The fraction of sp³-hybridized carbons (Fsp3) is 0.214. The lowest BCUT2D eigenvalue weighted by molar-refractivity contribution is -0.111. The van der Waals surface area contributed by atoms with Gasteiger partial charge in [0.05, 0.1) is 18.2 Å². The van der Waals surface area contributed by atoms with Gasteiger partial charge in [0.25, 0.3) is 0 Å². The van der Waals surface area contributed by atoms with E-state index in [2.05, 4.69) is 50.1 Å². The normalized spacial score (nSPS) is 13.8. The van der Waals surface area contributed by atoms with Gasteiger partial charge in [-0.15, -0.1) is 0 Å². The highest BCUT2D eigenvalue weighted by Gasteiger charge is 2.17. The van der Waals surface area contributed by atoms with Gasteiger partial charge in [-0.2, -0.15) is 4.98 Å². The van der Waals surface area contributed by atoms with Crippen molar-refractivity contribution in [3.63, 3.8) is 0 Å². The lowest BCUT2D eigenvalue weighted by Gasteiger charge is -2.34. The second-order valence-electron chi connectivity index (χ2n) is 9.02. The summed E-state index contributed by atoms with van der Waals surface area (Å²) in [5.74, 6) is 0.674. The number of nitrogens with one attached hydrogen (secondary N) is 2. The van der Waals surface area contributed by atoms with Gasteiger partial charge >= 0.3 is 0 Å². The number of carbonyl (C=O) groups is 1. The van der Waals surface area contributed by atoms with Crippen molar-refractivity contribution in [2.45, 2.75) is 0 Å². The number of nitrogens with zero attached hydrogens (tertiary/aromatic N) is 5. The molecular weight excluding hydrogens is 482 g/mol. The lowest BCUT2D eigenvalue weighted by Crippen LogP contribution is -2.44. The monoisotopic (exact) mass is 511 g/mol. The molecule has 2 aromatic heterocycles. The Bertz CT molecular complexity index is 1560. The predicted molar refractivity (Wildman–Crippen MR) is 150 cm³/mol. The number of amides is 1. The van der Waals surface area contributed by atoms with E-state index in [4.69, 9.17) is 4.74 Å². The Labute approximate surface area is 220 Å². The molecular formula is C28H29N7O3. The van der Waals surface area contributed by atoms with Crippen molar-refractivity contribution in [1.82, 2.24) is 19.4 Å². The van der Waals surface area contributed by atoms with Gasteiger partial charge < -0.3 is 29.7 Å². The number of aromatic nitrogens is 3. The molecule has 1 saturated heterocycles. The number of benzene rings is 2. The third kappa shape index (κ3) is 5.21. The molecule has 1 aliphatic heterocycles. The molecule has 0 radical (unpaired) electrons. The van der Waals surface area contributed by atoms with Crippen molar-refractivity contribution < 1.29 is 9.53 Å². The van der Waals surface area contributed by atoms with Crippen LogP contribution in [0.15, 0.2) is 78.4 Å². The zero-order valence-corrected chi connectivity index (χ0v) is 21.3. The van der Waals surface area contributed by atoms with Gasteiger partial charge in [-0.3, -0.25) is 9.59 Å². The summed E-state index contributed by atoms with van der Waals surface area (Å²) < 4.78 is 7.45. The highest BCUT2D eigenvalue weighted by Crippen LogP contribution is 2.32. The van der Waals surface area contributed by atoms with Crippen LogP contribution in [-0.2, 0) is 4.79 Å². The summed E-state index contributed by atoms with van der Waals surface area (Å²) in [4.78, 5) is 38.1. The van der Waals surface area contributed by atoms with E-state index in [1.807, 2.05) is 24.3 Å². The van der Waals surface area contributed by atoms with Gasteiger partial charge in [-0.05, 0) is 43.5 Å². The van der Waals surface area contributed by atoms with Crippen molar-refractivity contribution in [2.24, 2.45) is 0 Å². The fourth-order valence-electron chi connectivity index (χ4n) is 4.39. The Morgan fingerprint density at radius 1 is 1.08 bits per heavy atom. The number of methoxy groups -OCH3 is 1. The number of hydrogen-bond acceptors (Lipinski definition) is 8. The molecule has 38 heavy (non-hydrogen) atoms. The smallest absolute Gasteiger partial charge is 0.247 e. The first-order valence-corrected chi connectivity index (χ1v) is 12.3. The van der Waals surface area contributed by atoms with Crippen LogP contribution in [0.1, 0.15) is 0 Å². The lowest BCUT2D eigenvalue weighted by atomic mass is 10.2. The molecule has 10 heteroatoms. The molecule has 0 saturated carbocycles. The van der Waals surface area contributed by atoms with Crippen molar-refractivity contribution in [1.29, 1.82) is 0 Å². The highest BCUT2D eigenvalue weighted by atomic mass is 16.5. The minimum absolute atomic E-state index is 0.187. The standard InChI is InChI=1S/C28H29N7O3/c1-4-26(37)30-19-6-5-7-21(16-19)35-11-10-24(36)22-18-29-28(32-27(22)35)31-23-9-8-20(17-25(23)38-3)34-14-12-33(2)13-15-34/h4-11,16-18H,1,12-15H2,2-3H3,(H,30,37)(H,29,31,32). The van der Waals surface area contributed by atoms with Crippen LogP contribution in [0.4, 0.5) is 23.0 Å². The maximum Gasteiger partial charge on any atom is 0.247 e. The van der Waals surface area contributed by atoms with E-state index in [9.17, 15) is 9.59 Å². The Kier molecular flexibility index (Phi) is 7.05. The molecule has 0 spiro atoms. The number of pyridine rings is 1. The van der Waals surface area contributed by atoms with Gasteiger partial charge in [0.15, 0.2) is 11.1 Å². The first-order chi connectivity index (χ1) is 18.4. The van der Waals surface area contributed by atoms with Crippen molar-refractivity contribution in [3.8, 4) is 11.4 Å². The maximum absolute atomic E-state index is 12.6. The van der Waals surface area contributed by atoms with E-state index in [-0.39, 0.29) is 11.3 Å². The van der Waals surface area contributed by atoms with Gasteiger partial charge in [-0.25, -0.2) is 4.98 Å². The van der Waals surface area contributed by atoms with Crippen molar-refractivity contribution in [3.05, 3.63) is 83.8 Å². The van der Waals surface area contributed by atoms with E-state index < -0.39 is 0 Å². The van der Waals surface area contributed by atoms with E-state index in [1.54, 1.807) is 30.0 Å². The molecule has 0 aliphatic carbocycles. The molecule has 1 aliphatic rings. The minimum atomic E-state index is -0.312. The summed E-state index contributed by atoms with van der Waals surface area (Å²) in [6.45, 7) is 7.42. The number of hydrogen-bond donors (Lipinski definition) is 2. The summed E-state index contributed by atoms with van der Waals surface area (Å²) in [6, 6.07) is 14.7. The predicted octanol–water partition coefficient (Wildman–Crippen LogP) is 3.41. The van der Waals surface area contributed by atoms with Crippen LogP contribution < -0.4 is 25.7 Å². The molecule has 0 bridgehead atoms. The second kappa shape index (κ2) is 10.7. The second-order valence-corrected chi connectivity index (χ2v) is 9.02. The number of rotatable bonds is 7. The van der Waals surface area contributed by atoms with Crippen molar-refractivity contribution in [2.75, 3.05) is 55.9 Å². The molecule has 1 fully saturated rings. The molecule has 1 amide bonds. The van der Waals surface area contributed by atoms with Gasteiger partial charge in [0, 0.05) is 67.8 Å². The molecule has 2 N–H and O–H groups in total. The van der Waals surface area contributed by atoms with Crippen molar-refractivity contribution >= 4 is 40.0 Å². The molecule has 3 heterocycles. The quantitative estimate of drug-likeness (QED) is 0.364. The van der Waals surface area contributed by atoms with Gasteiger partial charge in [0.1, 0.15) is 5.75 Å². The number of likely N-dealkylation sites (N-methyl/N-ethyl adjacent to an activating group) is 1. The van der Waals surface area contributed by atoms with E-state index >= 15 is 0 Å². The zero-order valence-electron chi connectivity index (χ0n) is 21.3. The fourth-order valence-corrected chi connectivity index (χ4v) is 4.39. The van der Waals surface area contributed by atoms with E-state index in [0.717, 1.165) is 37.6 Å². The van der Waals surface area contributed by atoms with E-state index in [1.165, 1.54) is 18.3 Å². The first kappa shape index (κ1) is 25.0. The molecule has 5 rings (SSSR count). The third-order valence-electron chi connectivity index (χ3n) is 6.51. The summed E-state index contributed by atoms with van der Waals surface area (Å²) in [7, 11) is 3.76. The Morgan fingerprint density at radius 3 is 2.66 bits per heavy atom. The van der Waals surface area contributed by atoms with Gasteiger partial charge in [-0.1, -0.05) is 12.6 Å². The molecule has 194 valence electrons. The molecule has 0 unspecified atom stereocenters. The number of anilines is 4. The molecule has 4 aromatic rings. The van der Waals surface area contributed by atoms with Crippen LogP contribution >= 0.6 is 0 Å². The van der Waals surface area contributed by atoms with Crippen LogP contribution in [0.3, 0.4) is 0 Å². The van der Waals surface area contributed by atoms with Crippen LogP contribution in [0, 0.1) is 0 Å². The molecule has 0 atom stereocenters. The van der Waals surface area contributed by atoms with Crippen LogP contribution in [0.25, 0.3) is 16.7 Å². The Hall–Kier alpha value is -4.70. The Morgan fingerprint density at radius 2 is 1.89 bits per heavy atom. The third-order valence-corrected chi connectivity index (χ3v) is 6.51. The van der Waals surface area contributed by atoms with Gasteiger partial charge in [0.2, 0.25) is 11.9 Å². The van der Waals surface area contributed by atoms with Crippen LogP contribution in [-0.4, -0.2) is 65.7 Å². The molecule has 10 nitrogen and oxygen atoms in total.